The van der Waals surface area contributed by atoms with Gasteiger partial charge in [0.2, 0.25) is 0 Å². The number of rotatable bonds is 6. The van der Waals surface area contributed by atoms with E-state index in [0.717, 1.165) is 5.84 Å². The van der Waals surface area contributed by atoms with Crippen LogP contribution in [0.1, 0.15) is 42.5 Å². The molecule has 1 aromatic carbocycles. The third-order valence-electron chi connectivity index (χ3n) is 5.36. The number of hydrogen-bond donors (Lipinski definition) is 2. The summed E-state index contributed by atoms with van der Waals surface area (Å²) >= 11 is 6.10. The Morgan fingerprint density at radius 2 is 2.12 bits per heavy atom. The molecule has 0 saturated carbocycles. The summed E-state index contributed by atoms with van der Waals surface area (Å²) < 4.78 is 16.6. The van der Waals surface area contributed by atoms with Crippen molar-refractivity contribution in [2.24, 2.45) is 10.9 Å². The Hall–Kier alpha value is -3.13. The van der Waals surface area contributed by atoms with Gasteiger partial charge in [0.25, 0.3) is 5.91 Å². The third-order valence-corrected chi connectivity index (χ3v) is 5.59. The number of pyridine rings is 1. The van der Waals surface area contributed by atoms with E-state index in [0.29, 0.717) is 52.8 Å². The Balaban J connectivity index is 1.49. The molecule has 0 saturated heterocycles. The summed E-state index contributed by atoms with van der Waals surface area (Å²) in [7, 11) is 0. The standard InChI is InChI=1S/C23H26ClFN6O/c1-4-18-21(30-13-16(24)6-8-20(30)28-18)23(32)27-12-15-5-7-19(17(25)11-15)31-10-9-26-22(29-31)14(2)3/h5-8,11,13-14H,4,9-10,12H2,1-3H3,(H,26,29)(H,27,32). The molecule has 0 unspecified atom stereocenters. The first-order chi connectivity index (χ1) is 15.4. The van der Waals surface area contributed by atoms with E-state index in [1.54, 1.807) is 33.8 Å². The van der Waals surface area contributed by atoms with Gasteiger partial charge in [-0.2, -0.15) is 0 Å². The van der Waals surface area contributed by atoms with Crippen molar-refractivity contribution in [3.8, 4) is 0 Å². The Bertz CT molecular complexity index is 1190. The van der Waals surface area contributed by atoms with Crippen molar-refractivity contribution in [3.05, 3.63) is 64.3 Å². The number of benzene rings is 1. The van der Waals surface area contributed by atoms with Crippen LogP contribution in [0, 0.1) is 11.7 Å². The van der Waals surface area contributed by atoms with Crippen LogP contribution in [0.5, 0.6) is 0 Å². The van der Waals surface area contributed by atoms with Gasteiger partial charge in [0.15, 0.2) is 0 Å². The lowest BCUT2D eigenvalue weighted by atomic mass is 10.1. The first-order valence-electron chi connectivity index (χ1n) is 10.7. The van der Waals surface area contributed by atoms with Gasteiger partial charge in [0.05, 0.1) is 29.5 Å². The summed E-state index contributed by atoms with van der Waals surface area (Å²) in [4.78, 5) is 21.9. The van der Waals surface area contributed by atoms with Crippen molar-refractivity contribution < 1.29 is 9.18 Å². The number of nitrogens with zero attached hydrogens (tertiary/aromatic N) is 4. The minimum absolute atomic E-state index is 0.194. The Morgan fingerprint density at radius 3 is 2.84 bits per heavy atom. The number of amides is 1. The first kappa shape index (κ1) is 22.1. The van der Waals surface area contributed by atoms with Gasteiger partial charge in [0.1, 0.15) is 23.0 Å². The molecule has 7 nitrogen and oxygen atoms in total. The minimum atomic E-state index is -0.356. The van der Waals surface area contributed by atoms with Crippen molar-refractivity contribution in [2.75, 3.05) is 18.1 Å². The molecular formula is C23H26ClFN6O. The van der Waals surface area contributed by atoms with E-state index < -0.39 is 0 Å². The number of halogens is 2. The number of carbonyl (C=O) groups is 1. The molecule has 168 valence electrons. The molecule has 2 aromatic heterocycles. The van der Waals surface area contributed by atoms with E-state index in [4.69, 9.17) is 11.6 Å². The second-order valence-corrected chi connectivity index (χ2v) is 8.43. The first-order valence-corrected chi connectivity index (χ1v) is 11.1. The van der Waals surface area contributed by atoms with E-state index in [-0.39, 0.29) is 24.2 Å². The van der Waals surface area contributed by atoms with Gasteiger partial charge in [-0.3, -0.25) is 24.6 Å². The lowest BCUT2D eigenvalue weighted by Gasteiger charge is -2.31. The molecule has 0 spiro atoms. The summed E-state index contributed by atoms with van der Waals surface area (Å²) in [6.45, 7) is 7.41. The van der Waals surface area contributed by atoms with E-state index in [1.807, 2.05) is 26.8 Å². The number of hydrogen-bond acceptors (Lipinski definition) is 5. The summed E-state index contributed by atoms with van der Waals surface area (Å²) in [5, 5.41) is 5.17. The van der Waals surface area contributed by atoms with Crippen LogP contribution in [-0.2, 0) is 13.0 Å². The molecule has 3 aromatic rings. The third kappa shape index (κ3) is 4.41. The predicted octanol–water partition coefficient (Wildman–Crippen LogP) is 4.00. The number of anilines is 1. The molecule has 0 atom stereocenters. The largest absolute Gasteiger partial charge is 0.347 e. The highest BCUT2D eigenvalue weighted by Crippen LogP contribution is 2.21. The topological polar surface area (TPSA) is 74.0 Å². The van der Waals surface area contributed by atoms with Crippen LogP contribution >= 0.6 is 11.6 Å². The van der Waals surface area contributed by atoms with E-state index in [9.17, 15) is 9.18 Å². The van der Waals surface area contributed by atoms with Crippen molar-refractivity contribution in [3.63, 3.8) is 0 Å². The number of nitrogens with one attached hydrogen (secondary N) is 2. The smallest absolute Gasteiger partial charge is 0.270 e. The highest BCUT2D eigenvalue weighted by molar-refractivity contribution is 6.30. The zero-order valence-electron chi connectivity index (χ0n) is 18.3. The molecule has 1 aliphatic heterocycles. The summed E-state index contributed by atoms with van der Waals surface area (Å²) in [6, 6.07) is 8.49. The van der Waals surface area contributed by atoms with Crippen LogP contribution in [0.4, 0.5) is 10.1 Å². The average molecular weight is 457 g/mol. The van der Waals surface area contributed by atoms with Crippen LogP contribution in [0.25, 0.3) is 5.65 Å². The Labute approximate surface area is 191 Å². The number of carbonyl (C=O) groups excluding carboxylic acids is 1. The number of fused-ring (bicyclic) bond motifs is 1. The fourth-order valence-electron chi connectivity index (χ4n) is 3.69. The minimum Gasteiger partial charge on any atom is -0.347 e. The number of aryl methyl sites for hydroxylation is 1. The quantitative estimate of drug-likeness (QED) is 0.588. The van der Waals surface area contributed by atoms with Crippen LogP contribution in [-0.4, -0.2) is 34.2 Å². The molecule has 2 N–H and O–H groups in total. The van der Waals surface area contributed by atoms with Crippen molar-refractivity contribution in [1.82, 2.24) is 20.1 Å². The van der Waals surface area contributed by atoms with Gasteiger partial charge >= 0.3 is 0 Å². The number of aromatic nitrogens is 2. The van der Waals surface area contributed by atoms with Crippen LogP contribution in [0.2, 0.25) is 5.02 Å². The van der Waals surface area contributed by atoms with Crippen molar-refractivity contribution in [1.29, 1.82) is 0 Å². The Morgan fingerprint density at radius 1 is 1.31 bits per heavy atom. The lowest BCUT2D eigenvalue weighted by Crippen LogP contribution is -2.49. The van der Waals surface area contributed by atoms with Crippen LogP contribution < -0.4 is 15.8 Å². The second-order valence-electron chi connectivity index (χ2n) is 7.99. The highest BCUT2D eigenvalue weighted by Gasteiger charge is 2.20. The van der Waals surface area contributed by atoms with Gasteiger partial charge < -0.3 is 5.32 Å². The van der Waals surface area contributed by atoms with Crippen molar-refractivity contribution >= 4 is 34.7 Å². The van der Waals surface area contributed by atoms with E-state index in [2.05, 4.69) is 20.7 Å². The Kier molecular flexibility index (Phi) is 6.32. The molecule has 1 amide bonds. The number of hydrazine groups is 1. The van der Waals surface area contributed by atoms with Gasteiger partial charge in [0, 0.05) is 18.7 Å². The number of imidazole rings is 1. The number of amidine groups is 1. The molecule has 9 heteroatoms. The maximum absolute atomic E-state index is 14.9. The predicted molar refractivity (Wildman–Crippen MR) is 125 cm³/mol. The summed E-state index contributed by atoms with van der Waals surface area (Å²) in [5.74, 6) is 0.436. The van der Waals surface area contributed by atoms with Crippen LogP contribution in [0.3, 0.4) is 0 Å². The van der Waals surface area contributed by atoms with Crippen LogP contribution in [0.15, 0.2) is 41.5 Å². The summed E-state index contributed by atoms with van der Waals surface area (Å²) in [6.07, 6.45) is 2.28. The monoisotopic (exact) mass is 456 g/mol. The number of aliphatic imine (C=N–C) groups is 1. The second kappa shape index (κ2) is 9.16. The molecule has 1 aliphatic rings. The SMILES string of the molecule is CCc1nc2ccc(Cl)cn2c1C(=O)NCc1ccc(N2CCN=C(C(C)C)N2)c(F)c1. The van der Waals surface area contributed by atoms with Gasteiger partial charge in [-0.1, -0.05) is 38.4 Å². The molecule has 0 radical (unpaired) electrons. The molecule has 0 fully saturated rings. The fourth-order valence-corrected chi connectivity index (χ4v) is 3.85. The van der Waals surface area contributed by atoms with Gasteiger partial charge in [-0.05, 0) is 36.2 Å². The zero-order valence-corrected chi connectivity index (χ0v) is 19.1. The lowest BCUT2D eigenvalue weighted by molar-refractivity contribution is 0.0944. The molecule has 0 aliphatic carbocycles. The van der Waals surface area contributed by atoms with Gasteiger partial charge in [-0.15, -0.1) is 0 Å². The average Bonchev–Trinajstić information content (AvgIpc) is 3.15. The van der Waals surface area contributed by atoms with Crippen molar-refractivity contribution in [2.45, 2.75) is 33.7 Å². The fraction of sp³-hybridized carbons (Fsp3) is 0.348. The maximum Gasteiger partial charge on any atom is 0.270 e. The van der Waals surface area contributed by atoms with E-state index in [1.165, 1.54) is 6.07 Å². The highest BCUT2D eigenvalue weighted by atomic mass is 35.5. The molecule has 4 rings (SSSR count). The normalized spacial score (nSPS) is 13.9. The maximum atomic E-state index is 14.9. The molecule has 3 heterocycles. The molecule has 32 heavy (non-hydrogen) atoms. The summed E-state index contributed by atoms with van der Waals surface area (Å²) in [5.41, 5.74) is 6.10. The van der Waals surface area contributed by atoms with Gasteiger partial charge in [-0.25, -0.2) is 9.37 Å². The molecular weight excluding hydrogens is 431 g/mol. The molecule has 0 bridgehead atoms. The zero-order chi connectivity index (χ0) is 22.8. The van der Waals surface area contributed by atoms with E-state index >= 15 is 0 Å².